The number of anilines is 1. The molecule has 2 aromatic rings. The van der Waals surface area contributed by atoms with Crippen LogP contribution < -0.4 is 5.32 Å². The van der Waals surface area contributed by atoms with E-state index in [1.165, 1.54) is 6.08 Å². The summed E-state index contributed by atoms with van der Waals surface area (Å²) in [5, 5.41) is 3.65. The molecule has 0 saturated heterocycles. The third-order valence-corrected chi connectivity index (χ3v) is 3.24. The first-order valence-electron chi connectivity index (χ1n) is 5.64. The minimum Gasteiger partial charge on any atom is -0.362 e. The molecule has 0 unspecified atom stereocenters. The van der Waals surface area contributed by atoms with Crippen LogP contribution in [0.25, 0.3) is 0 Å². The molecule has 4 heteroatoms. The van der Waals surface area contributed by atoms with Crippen LogP contribution in [-0.2, 0) is 0 Å². The van der Waals surface area contributed by atoms with Crippen molar-refractivity contribution in [1.29, 1.82) is 0 Å². The quantitative estimate of drug-likeness (QED) is 0.635. The van der Waals surface area contributed by atoms with Gasteiger partial charge in [-0.25, -0.2) is 0 Å². The molecular formula is C15H11BrClNO. The number of ketones is 1. The first-order chi connectivity index (χ1) is 9.15. The Balaban J connectivity index is 1.97. The van der Waals surface area contributed by atoms with Crippen molar-refractivity contribution in [3.8, 4) is 0 Å². The number of carbonyl (C=O) groups excluding carboxylic acids is 1. The summed E-state index contributed by atoms with van der Waals surface area (Å²) >= 11 is 9.13. The highest BCUT2D eigenvalue weighted by Gasteiger charge is 2.00. The number of hydrogen-bond acceptors (Lipinski definition) is 2. The molecule has 2 rings (SSSR count). The van der Waals surface area contributed by atoms with E-state index in [1.807, 2.05) is 24.3 Å². The number of halogens is 2. The van der Waals surface area contributed by atoms with E-state index in [0.717, 1.165) is 10.2 Å². The average Bonchev–Trinajstić information content (AvgIpc) is 2.41. The number of benzene rings is 2. The normalized spacial score (nSPS) is 10.6. The topological polar surface area (TPSA) is 29.1 Å². The predicted molar refractivity (Wildman–Crippen MR) is 82.7 cm³/mol. The maximum atomic E-state index is 11.8. The van der Waals surface area contributed by atoms with Crippen molar-refractivity contribution in [2.24, 2.45) is 0 Å². The second-order valence-electron chi connectivity index (χ2n) is 3.86. The fourth-order valence-electron chi connectivity index (χ4n) is 1.47. The molecule has 1 N–H and O–H groups in total. The summed E-state index contributed by atoms with van der Waals surface area (Å²) in [7, 11) is 0. The van der Waals surface area contributed by atoms with Crippen LogP contribution in [0.2, 0.25) is 5.02 Å². The fourth-order valence-corrected chi connectivity index (χ4v) is 1.86. The van der Waals surface area contributed by atoms with Gasteiger partial charge in [0.25, 0.3) is 0 Å². The van der Waals surface area contributed by atoms with Crippen LogP contribution in [0.1, 0.15) is 10.4 Å². The van der Waals surface area contributed by atoms with Crippen molar-refractivity contribution in [2.45, 2.75) is 0 Å². The van der Waals surface area contributed by atoms with E-state index in [-0.39, 0.29) is 5.78 Å². The van der Waals surface area contributed by atoms with Gasteiger partial charge < -0.3 is 5.32 Å². The van der Waals surface area contributed by atoms with Gasteiger partial charge in [-0.2, -0.15) is 0 Å². The molecule has 0 aromatic heterocycles. The lowest BCUT2D eigenvalue weighted by Crippen LogP contribution is -1.95. The van der Waals surface area contributed by atoms with Crippen LogP contribution in [0.5, 0.6) is 0 Å². The molecule has 96 valence electrons. The summed E-state index contributed by atoms with van der Waals surface area (Å²) < 4.78 is 1.01. The van der Waals surface area contributed by atoms with Crippen molar-refractivity contribution >= 4 is 39.0 Å². The van der Waals surface area contributed by atoms with Crippen LogP contribution in [0.3, 0.4) is 0 Å². The predicted octanol–water partition coefficient (Wildman–Crippen LogP) is 4.91. The first kappa shape index (κ1) is 13.8. The second-order valence-corrected chi connectivity index (χ2v) is 5.21. The molecule has 0 heterocycles. The van der Waals surface area contributed by atoms with Gasteiger partial charge >= 0.3 is 0 Å². The monoisotopic (exact) mass is 335 g/mol. The molecule has 2 nitrogen and oxygen atoms in total. The van der Waals surface area contributed by atoms with Crippen LogP contribution >= 0.6 is 27.5 Å². The van der Waals surface area contributed by atoms with E-state index in [0.29, 0.717) is 10.6 Å². The van der Waals surface area contributed by atoms with Gasteiger partial charge in [-0.3, -0.25) is 4.79 Å². The zero-order chi connectivity index (χ0) is 13.7. The summed E-state index contributed by atoms with van der Waals surface area (Å²) in [5.74, 6) is -0.0683. The molecular weight excluding hydrogens is 326 g/mol. The number of allylic oxidation sites excluding steroid dienone is 1. The van der Waals surface area contributed by atoms with Crippen LogP contribution in [-0.4, -0.2) is 5.78 Å². The van der Waals surface area contributed by atoms with Crippen molar-refractivity contribution in [3.05, 3.63) is 75.9 Å². The van der Waals surface area contributed by atoms with Gasteiger partial charge in [0.05, 0.1) is 0 Å². The third kappa shape index (κ3) is 4.23. The Morgan fingerprint density at radius 2 is 1.68 bits per heavy atom. The lowest BCUT2D eigenvalue weighted by atomic mass is 10.1. The second kappa shape index (κ2) is 6.55. The molecule has 0 spiro atoms. The van der Waals surface area contributed by atoms with Gasteiger partial charge in [-0.1, -0.05) is 27.5 Å². The van der Waals surface area contributed by atoms with Gasteiger partial charge in [0.1, 0.15) is 0 Å². The van der Waals surface area contributed by atoms with E-state index in [1.54, 1.807) is 30.5 Å². The molecule has 0 fully saturated rings. The first-order valence-corrected chi connectivity index (χ1v) is 6.81. The molecule has 19 heavy (non-hydrogen) atoms. The molecule has 0 aliphatic carbocycles. The Hall–Kier alpha value is -1.58. The van der Waals surface area contributed by atoms with Gasteiger partial charge in [0, 0.05) is 33.0 Å². The SMILES string of the molecule is O=C(/C=C\Nc1ccc(Br)cc1)c1ccc(Cl)cc1. The highest BCUT2D eigenvalue weighted by molar-refractivity contribution is 9.10. The van der Waals surface area contributed by atoms with Crippen LogP contribution in [0, 0.1) is 0 Å². The Bertz CT molecular complexity index is 591. The third-order valence-electron chi connectivity index (χ3n) is 2.46. The molecule has 0 bridgehead atoms. The molecule has 0 saturated carbocycles. The van der Waals surface area contributed by atoms with E-state index in [2.05, 4.69) is 21.2 Å². The lowest BCUT2D eigenvalue weighted by molar-refractivity contribution is 0.104. The average molecular weight is 337 g/mol. The molecule has 0 atom stereocenters. The molecule has 0 radical (unpaired) electrons. The van der Waals surface area contributed by atoms with Crippen molar-refractivity contribution in [3.63, 3.8) is 0 Å². The smallest absolute Gasteiger partial charge is 0.187 e. The number of nitrogens with one attached hydrogen (secondary N) is 1. The number of carbonyl (C=O) groups is 1. The van der Waals surface area contributed by atoms with Crippen molar-refractivity contribution in [2.75, 3.05) is 5.32 Å². The minimum absolute atomic E-state index is 0.0683. The van der Waals surface area contributed by atoms with E-state index in [4.69, 9.17) is 11.6 Å². The van der Waals surface area contributed by atoms with Gasteiger partial charge in [0.15, 0.2) is 5.78 Å². The maximum Gasteiger partial charge on any atom is 0.187 e. The largest absolute Gasteiger partial charge is 0.362 e. The van der Waals surface area contributed by atoms with Crippen LogP contribution in [0.4, 0.5) is 5.69 Å². The minimum atomic E-state index is -0.0683. The molecule has 0 aliphatic rings. The van der Waals surface area contributed by atoms with Crippen molar-refractivity contribution < 1.29 is 4.79 Å². The van der Waals surface area contributed by atoms with Gasteiger partial charge in [-0.15, -0.1) is 0 Å². The van der Waals surface area contributed by atoms with Gasteiger partial charge in [-0.05, 0) is 48.5 Å². The molecule has 2 aromatic carbocycles. The lowest BCUT2D eigenvalue weighted by Gasteiger charge is -2.00. The standard InChI is InChI=1S/C15H11BrClNO/c16-12-3-7-14(8-4-12)18-10-9-15(19)11-1-5-13(17)6-2-11/h1-10,18H/b10-9-. The number of hydrogen-bond donors (Lipinski definition) is 1. The summed E-state index contributed by atoms with van der Waals surface area (Å²) in [6.45, 7) is 0. The molecule has 0 amide bonds. The van der Waals surface area contributed by atoms with Gasteiger partial charge in [0.2, 0.25) is 0 Å². The van der Waals surface area contributed by atoms with E-state index >= 15 is 0 Å². The summed E-state index contributed by atoms with van der Waals surface area (Å²) in [6, 6.07) is 14.5. The number of rotatable bonds is 4. The Morgan fingerprint density at radius 3 is 2.32 bits per heavy atom. The summed E-state index contributed by atoms with van der Waals surface area (Å²) in [6.07, 6.45) is 3.12. The van der Waals surface area contributed by atoms with E-state index in [9.17, 15) is 4.79 Å². The van der Waals surface area contributed by atoms with E-state index < -0.39 is 0 Å². The molecule has 0 aliphatic heterocycles. The Kier molecular flexibility index (Phi) is 4.77. The summed E-state index contributed by atoms with van der Waals surface area (Å²) in [5.41, 5.74) is 1.53. The Labute approximate surface area is 125 Å². The zero-order valence-electron chi connectivity index (χ0n) is 9.94. The highest BCUT2D eigenvalue weighted by atomic mass is 79.9. The highest BCUT2D eigenvalue weighted by Crippen LogP contribution is 2.14. The Morgan fingerprint density at radius 1 is 1.05 bits per heavy atom. The maximum absolute atomic E-state index is 11.8. The fraction of sp³-hybridized carbons (Fsp3) is 0. The summed E-state index contributed by atoms with van der Waals surface area (Å²) in [4.78, 5) is 11.8. The van der Waals surface area contributed by atoms with Crippen LogP contribution in [0.15, 0.2) is 65.3 Å². The zero-order valence-corrected chi connectivity index (χ0v) is 12.3. The van der Waals surface area contributed by atoms with Crippen molar-refractivity contribution in [1.82, 2.24) is 0 Å².